The molecule has 1 aromatic carbocycles. The van der Waals surface area contributed by atoms with Gasteiger partial charge < -0.3 is 10.0 Å². The molecule has 0 saturated heterocycles. The molecule has 0 aliphatic heterocycles. The minimum absolute atomic E-state index is 0.0564. The lowest BCUT2D eigenvalue weighted by atomic mass is 10.1. The van der Waals surface area contributed by atoms with Crippen LogP contribution in [0, 0.1) is 6.92 Å². The molecule has 1 aromatic rings. The number of hydrogen-bond acceptors (Lipinski definition) is 2. The summed E-state index contributed by atoms with van der Waals surface area (Å²) in [6.07, 6.45) is -0.0564. The highest BCUT2D eigenvalue weighted by Crippen LogP contribution is 2.20. The fraction of sp³-hybridized carbons (Fsp3) is 0.385. The van der Waals surface area contributed by atoms with Crippen molar-refractivity contribution in [3.8, 4) is 0 Å². The summed E-state index contributed by atoms with van der Waals surface area (Å²) in [5, 5.41) is 9.19. The minimum atomic E-state index is -0.913. The molecular formula is C13H16ClNO3. The lowest BCUT2D eigenvalue weighted by Crippen LogP contribution is -2.33. The second-order valence-corrected chi connectivity index (χ2v) is 4.35. The molecule has 1 rings (SSSR count). The number of carbonyl (C=O) groups excluding carboxylic acids is 1. The van der Waals surface area contributed by atoms with Crippen molar-refractivity contribution < 1.29 is 14.7 Å². The molecule has 1 amide bonds. The van der Waals surface area contributed by atoms with Gasteiger partial charge in [0.2, 0.25) is 0 Å². The van der Waals surface area contributed by atoms with Crippen LogP contribution in [0.5, 0.6) is 0 Å². The second-order valence-electron chi connectivity index (χ2n) is 3.94. The van der Waals surface area contributed by atoms with Crippen molar-refractivity contribution in [2.45, 2.75) is 20.3 Å². The van der Waals surface area contributed by atoms with Crippen LogP contribution in [0.1, 0.15) is 29.3 Å². The molecule has 0 aliphatic rings. The smallest absolute Gasteiger partial charge is 0.305 e. The Labute approximate surface area is 111 Å². The van der Waals surface area contributed by atoms with Gasteiger partial charge in [0, 0.05) is 23.7 Å². The van der Waals surface area contributed by atoms with E-state index in [1.54, 1.807) is 25.1 Å². The Morgan fingerprint density at radius 2 is 2.06 bits per heavy atom. The van der Waals surface area contributed by atoms with Crippen molar-refractivity contribution in [3.05, 3.63) is 34.3 Å². The molecule has 0 atom stereocenters. The third-order valence-electron chi connectivity index (χ3n) is 2.76. The molecule has 98 valence electrons. The third kappa shape index (κ3) is 3.47. The lowest BCUT2D eigenvalue weighted by Gasteiger charge is -2.21. The Bertz CT molecular complexity index is 460. The number of carboxylic acids is 1. The predicted molar refractivity (Wildman–Crippen MR) is 70.0 cm³/mol. The fourth-order valence-electron chi connectivity index (χ4n) is 1.64. The Balaban J connectivity index is 2.89. The molecule has 5 heteroatoms. The van der Waals surface area contributed by atoms with Crippen molar-refractivity contribution in [2.75, 3.05) is 13.1 Å². The summed E-state index contributed by atoms with van der Waals surface area (Å²) in [5.41, 5.74) is 1.24. The van der Waals surface area contributed by atoms with E-state index in [-0.39, 0.29) is 18.9 Å². The summed E-state index contributed by atoms with van der Waals surface area (Å²) in [6, 6.07) is 5.14. The molecule has 0 fully saturated rings. The van der Waals surface area contributed by atoms with E-state index in [0.717, 1.165) is 5.56 Å². The van der Waals surface area contributed by atoms with Gasteiger partial charge in [0.15, 0.2) is 0 Å². The highest BCUT2D eigenvalue weighted by molar-refractivity contribution is 6.31. The van der Waals surface area contributed by atoms with E-state index in [9.17, 15) is 9.59 Å². The zero-order valence-corrected chi connectivity index (χ0v) is 11.2. The van der Waals surface area contributed by atoms with Gasteiger partial charge in [-0.05, 0) is 31.5 Å². The highest BCUT2D eigenvalue weighted by Gasteiger charge is 2.17. The van der Waals surface area contributed by atoms with Gasteiger partial charge in [-0.3, -0.25) is 9.59 Å². The Morgan fingerprint density at radius 3 is 2.61 bits per heavy atom. The van der Waals surface area contributed by atoms with E-state index in [1.807, 2.05) is 6.92 Å². The Hall–Kier alpha value is -1.55. The standard InChI is InChI=1S/C13H16ClNO3/c1-3-15(8-7-12(16)17)13(18)10-5-4-6-11(14)9(10)2/h4-6H,3,7-8H2,1-2H3,(H,16,17). The highest BCUT2D eigenvalue weighted by atomic mass is 35.5. The number of nitrogens with zero attached hydrogens (tertiary/aromatic N) is 1. The minimum Gasteiger partial charge on any atom is -0.481 e. The number of carbonyl (C=O) groups is 2. The summed E-state index contributed by atoms with van der Waals surface area (Å²) in [4.78, 5) is 24.3. The van der Waals surface area contributed by atoms with Crippen LogP contribution in [0.2, 0.25) is 5.02 Å². The van der Waals surface area contributed by atoms with Gasteiger partial charge in [0.05, 0.1) is 6.42 Å². The van der Waals surface area contributed by atoms with Crippen LogP contribution in [0.25, 0.3) is 0 Å². The summed E-state index contributed by atoms with van der Waals surface area (Å²) in [7, 11) is 0. The topological polar surface area (TPSA) is 57.6 Å². The quantitative estimate of drug-likeness (QED) is 0.894. The van der Waals surface area contributed by atoms with Gasteiger partial charge in [0.25, 0.3) is 5.91 Å². The molecule has 0 heterocycles. The van der Waals surface area contributed by atoms with Gasteiger partial charge in [-0.15, -0.1) is 0 Å². The lowest BCUT2D eigenvalue weighted by molar-refractivity contribution is -0.137. The Morgan fingerprint density at radius 1 is 1.39 bits per heavy atom. The fourth-order valence-corrected chi connectivity index (χ4v) is 1.82. The first-order valence-corrected chi connectivity index (χ1v) is 6.11. The normalized spacial score (nSPS) is 10.2. The van der Waals surface area contributed by atoms with Gasteiger partial charge >= 0.3 is 5.97 Å². The molecule has 0 aliphatic carbocycles. The van der Waals surface area contributed by atoms with E-state index >= 15 is 0 Å². The van der Waals surface area contributed by atoms with Crippen LogP contribution in [-0.4, -0.2) is 35.0 Å². The van der Waals surface area contributed by atoms with Crippen LogP contribution in [0.15, 0.2) is 18.2 Å². The predicted octanol–water partition coefficient (Wildman–Crippen LogP) is 2.59. The molecule has 0 unspecified atom stereocenters. The van der Waals surface area contributed by atoms with Crippen LogP contribution in [0.3, 0.4) is 0 Å². The summed E-state index contributed by atoms with van der Waals surface area (Å²) in [6.45, 7) is 4.27. The molecule has 0 spiro atoms. The molecular weight excluding hydrogens is 254 g/mol. The number of halogens is 1. The maximum Gasteiger partial charge on any atom is 0.305 e. The van der Waals surface area contributed by atoms with Crippen molar-refractivity contribution in [3.63, 3.8) is 0 Å². The van der Waals surface area contributed by atoms with E-state index < -0.39 is 5.97 Å². The monoisotopic (exact) mass is 269 g/mol. The van der Waals surface area contributed by atoms with Crippen molar-refractivity contribution >= 4 is 23.5 Å². The van der Waals surface area contributed by atoms with Crippen LogP contribution in [0.4, 0.5) is 0 Å². The van der Waals surface area contributed by atoms with Crippen LogP contribution >= 0.6 is 11.6 Å². The number of rotatable bonds is 5. The number of hydrogen-bond donors (Lipinski definition) is 1. The first kappa shape index (κ1) is 14.5. The molecule has 0 aromatic heterocycles. The summed E-state index contributed by atoms with van der Waals surface area (Å²) < 4.78 is 0. The average Bonchev–Trinajstić information content (AvgIpc) is 2.32. The Kier molecular flexibility index (Phi) is 5.16. The third-order valence-corrected chi connectivity index (χ3v) is 3.17. The SMILES string of the molecule is CCN(CCC(=O)O)C(=O)c1cccc(Cl)c1C. The number of aliphatic carboxylic acids is 1. The van der Waals surface area contributed by atoms with Gasteiger partial charge in [0.1, 0.15) is 0 Å². The zero-order valence-electron chi connectivity index (χ0n) is 10.4. The first-order chi connectivity index (χ1) is 8.47. The van der Waals surface area contributed by atoms with Gasteiger partial charge in [-0.25, -0.2) is 0 Å². The summed E-state index contributed by atoms with van der Waals surface area (Å²) in [5.74, 6) is -1.09. The molecule has 0 bridgehead atoms. The van der Waals surface area contributed by atoms with E-state index in [2.05, 4.69) is 0 Å². The average molecular weight is 270 g/mol. The molecule has 1 N–H and O–H groups in total. The first-order valence-electron chi connectivity index (χ1n) is 5.73. The van der Waals surface area contributed by atoms with Crippen molar-refractivity contribution in [2.24, 2.45) is 0 Å². The van der Waals surface area contributed by atoms with E-state index in [0.29, 0.717) is 17.1 Å². The largest absolute Gasteiger partial charge is 0.481 e. The zero-order chi connectivity index (χ0) is 13.7. The van der Waals surface area contributed by atoms with E-state index in [4.69, 9.17) is 16.7 Å². The van der Waals surface area contributed by atoms with Gasteiger partial charge in [-0.2, -0.15) is 0 Å². The molecule has 18 heavy (non-hydrogen) atoms. The van der Waals surface area contributed by atoms with Crippen LogP contribution < -0.4 is 0 Å². The van der Waals surface area contributed by atoms with E-state index in [1.165, 1.54) is 4.90 Å². The number of benzene rings is 1. The molecule has 0 radical (unpaired) electrons. The maximum atomic E-state index is 12.2. The number of carboxylic acid groups (broad SMARTS) is 1. The van der Waals surface area contributed by atoms with Crippen molar-refractivity contribution in [1.82, 2.24) is 4.90 Å². The second kappa shape index (κ2) is 6.40. The summed E-state index contributed by atoms with van der Waals surface area (Å²) >= 11 is 5.97. The molecule has 4 nitrogen and oxygen atoms in total. The molecule has 0 saturated carbocycles. The van der Waals surface area contributed by atoms with Crippen LogP contribution in [-0.2, 0) is 4.79 Å². The maximum absolute atomic E-state index is 12.2. The van der Waals surface area contributed by atoms with Crippen molar-refractivity contribution in [1.29, 1.82) is 0 Å². The van der Waals surface area contributed by atoms with Gasteiger partial charge in [-0.1, -0.05) is 17.7 Å². The number of amides is 1.